The van der Waals surface area contributed by atoms with Crippen molar-refractivity contribution in [3.05, 3.63) is 0 Å². The average Bonchev–Trinajstić information content (AvgIpc) is 2.99. The zero-order valence-electron chi connectivity index (χ0n) is 28.0. The van der Waals surface area contributed by atoms with Gasteiger partial charge in [0, 0.05) is 0 Å². The van der Waals surface area contributed by atoms with Crippen LogP contribution < -0.4 is 5.32 Å². The summed E-state index contributed by atoms with van der Waals surface area (Å²) in [7, 11) is 0. The summed E-state index contributed by atoms with van der Waals surface area (Å²) in [5.74, 6) is -0.583. The number of rotatable bonds is 33. The van der Waals surface area contributed by atoms with Gasteiger partial charge in [-0.25, -0.2) is 0 Å². The molecule has 1 amide bonds. The molecule has 6 heteroatoms. The summed E-state index contributed by atoms with van der Waals surface area (Å²) in [6.45, 7) is 4.03. The fourth-order valence-electron chi connectivity index (χ4n) is 5.81. The van der Waals surface area contributed by atoms with Gasteiger partial charge >= 0.3 is 0 Å². The normalized spacial score (nSPS) is 14.5. The van der Waals surface area contributed by atoms with Gasteiger partial charge in [0.15, 0.2) is 0 Å². The average molecular weight is 600 g/mol. The molecular formula is C36H73NO5. The fraction of sp³-hybridized carbons (Fsp3) is 0.972. The first-order valence-electron chi connectivity index (χ1n) is 18.4. The molecule has 0 radical (unpaired) electrons. The van der Waals surface area contributed by atoms with Crippen molar-refractivity contribution < 1.29 is 25.2 Å². The van der Waals surface area contributed by atoms with Crippen LogP contribution in [0.1, 0.15) is 194 Å². The zero-order chi connectivity index (χ0) is 31.1. The van der Waals surface area contributed by atoms with Crippen LogP contribution in [0.25, 0.3) is 0 Å². The Morgan fingerprint density at radius 1 is 0.500 bits per heavy atom. The van der Waals surface area contributed by atoms with Gasteiger partial charge in [-0.3, -0.25) is 4.79 Å². The number of carbonyl (C=O) groups excluding carboxylic acids is 1. The molecule has 4 atom stereocenters. The lowest BCUT2D eigenvalue weighted by atomic mass is 9.99. The molecule has 0 spiro atoms. The Kier molecular flexibility index (Phi) is 31.2. The molecule has 0 fully saturated rings. The molecule has 5 N–H and O–H groups in total. The molecule has 252 valence electrons. The third-order valence-electron chi connectivity index (χ3n) is 8.82. The summed E-state index contributed by atoms with van der Waals surface area (Å²) in [4.78, 5) is 12.4. The van der Waals surface area contributed by atoms with Crippen LogP contribution in [-0.4, -0.2) is 57.3 Å². The van der Waals surface area contributed by atoms with Crippen LogP contribution in [0.3, 0.4) is 0 Å². The highest BCUT2D eigenvalue weighted by Gasteiger charge is 2.28. The summed E-state index contributed by atoms with van der Waals surface area (Å²) >= 11 is 0. The van der Waals surface area contributed by atoms with E-state index in [0.29, 0.717) is 12.8 Å². The molecule has 0 aromatic heterocycles. The minimum atomic E-state index is -1.25. The minimum Gasteiger partial charge on any atom is -0.394 e. The van der Waals surface area contributed by atoms with Crippen molar-refractivity contribution in [2.45, 2.75) is 218 Å². The van der Waals surface area contributed by atoms with E-state index in [2.05, 4.69) is 19.2 Å². The second-order valence-electron chi connectivity index (χ2n) is 12.9. The van der Waals surface area contributed by atoms with Crippen LogP contribution in [0.4, 0.5) is 0 Å². The number of nitrogens with one attached hydrogen (secondary N) is 1. The molecule has 0 heterocycles. The predicted molar refractivity (Wildman–Crippen MR) is 178 cm³/mol. The minimum absolute atomic E-state index is 0.375. The number of carbonyl (C=O) groups is 1. The van der Waals surface area contributed by atoms with Gasteiger partial charge in [-0.15, -0.1) is 0 Å². The van der Waals surface area contributed by atoms with Crippen molar-refractivity contribution in [2.24, 2.45) is 0 Å². The molecule has 0 saturated heterocycles. The van der Waals surface area contributed by atoms with Gasteiger partial charge in [0.1, 0.15) is 12.2 Å². The molecule has 6 nitrogen and oxygen atoms in total. The summed E-state index contributed by atoms with van der Waals surface area (Å²) in [5.41, 5.74) is 0. The molecule has 0 aromatic carbocycles. The first kappa shape index (κ1) is 41.3. The largest absolute Gasteiger partial charge is 0.394 e. The summed E-state index contributed by atoms with van der Waals surface area (Å²) < 4.78 is 0. The van der Waals surface area contributed by atoms with Gasteiger partial charge in [-0.05, 0) is 12.8 Å². The fourth-order valence-corrected chi connectivity index (χ4v) is 5.81. The van der Waals surface area contributed by atoms with Crippen LogP contribution in [0.15, 0.2) is 0 Å². The van der Waals surface area contributed by atoms with E-state index in [1.54, 1.807) is 0 Å². The first-order valence-corrected chi connectivity index (χ1v) is 18.4. The third-order valence-corrected chi connectivity index (χ3v) is 8.82. The standard InChI is InChI=1S/C36H73NO5/c1-3-5-7-9-11-13-15-17-18-20-22-24-26-28-30-34(40)36(42)37-32(31-38)35(41)33(39)29-27-25-23-21-19-16-14-12-10-8-6-4-2/h32-35,38-41H,3-31H2,1-2H3,(H,37,42)/t32-,33+,34-,35-/m0/s1. The van der Waals surface area contributed by atoms with Crippen LogP contribution >= 0.6 is 0 Å². The summed E-state index contributed by atoms with van der Waals surface area (Å²) in [6.07, 6.45) is 29.7. The van der Waals surface area contributed by atoms with E-state index in [4.69, 9.17) is 0 Å². The molecule has 42 heavy (non-hydrogen) atoms. The van der Waals surface area contributed by atoms with Gasteiger partial charge in [0.2, 0.25) is 5.91 Å². The van der Waals surface area contributed by atoms with Gasteiger partial charge < -0.3 is 25.7 Å². The monoisotopic (exact) mass is 600 g/mol. The maximum atomic E-state index is 12.4. The van der Waals surface area contributed by atoms with Crippen LogP contribution in [-0.2, 0) is 4.79 Å². The maximum absolute atomic E-state index is 12.4. The molecule has 0 aromatic rings. The number of amides is 1. The second kappa shape index (κ2) is 31.7. The second-order valence-corrected chi connectivity index (χ2v) is 12.9. The van der Waals surface area contributed by atoms with Gasteiger partial charge in [-0.1, -0.05) is 181 Å². The van der Waals surface area contributed by atoms with Crippen LogP contribution in [0, 0.1) is 0 Å². The number of unbranched alkanes of at least 4 members (excludes halogenated alkanes) is 24. The van der Waals surface area contributed by atoms with Gasteiger partial charge in [0.25, 0.3) is 0 Å². The lowest BCUT2D eigenvalue weighted by molar-refractivity contribution is -0.132. The van der Waals surface area contributed by atoms with E-state index in [1.165, 1.54) is 128 Å². The summed E-state index contributed by atoms with van der Waals surface area (Å²) in [6, 6.07) is -0.976. The van der Waals surface area contributed by atoms with Crippen LogP contribution in [0.2, 0.25) is 0 Å². The Bertz CT molecular complexity index is 561. The summed E-state index contributed by atoms with van der Waals surface area (Å²) in [5, 5.41) is 43.4. The molecule has 0 rings (SSSR count). The smallest absolute Gasteiger partial charge is 0.249 e. The highest BCUT2D eigenvalue weighted by Crippen LogP contribution is 2.16. The van der Waals surface area contributed by atoms with E-state index in [1.807, 2.05) is 0 Å². The van der Waals surface area contributed by atoms with Crippen molar-refractivity contribution >= 4 is 5.91 Å². The molecule has 0 bridgehead atoms. The quantitative estimate of drug-likeness (QED) is 0.0486. The molecule has 0 aliphatic carbocycles. The highest BCUT2D eigenvalue weighted by molar-refractivity contribution is 5.80. The Morgan fingerprint density at radius 3 is 1.14 bits per heavy atom. The first-order chi connectivity index (χ1) is 20.5. The number of hydrogen-bond acceptors (Lipinski definition) is 5. The molecule has 0 aliphatic rings. The van der Waals surface area contributed by atoms with Crippen LogP contribution in [0.5, 0.6) is 0 Å². The lowest BCUT2D eigenvalue weighted by Gasteiger charge is -2.27. The van der Waals surface area contributed by atoms with Crippen molar-refractivity contribution in [2.75, 3.05) is 6.61 Å². The lowest BCUT2D eigenvalue weighted by Crippen LogP contribution is -2.53. The number of aliphatic hydroxyl groups excluding tert-OH is 4. The predicted octanol–water partition coefficient (Wildman–Crippen LogP) is 8.51. The Labute approximate surface area is 260 Å². The number of hydrogen-bond donors (Lipinski definition) is 5. The molecular weight excluding hydrogens is 526 g/mol. The zero-order valence-corrected chi connectivity index (χ0v) is 28.0. The van der Waals surface area contributed by atoms with E-state index < -0.39 is 36.9 Å². The van der Waals surface area contributed by atoms with Crippen molar-refractivity contribution in [3.63, 3.8) is 0 Å². The van der Waals surface area contributed by atoms with E-state index in [-0.39, 0.29) is 0 Å². The molecule has 0 aliphatic heterocycles. The molecule has 0 saturated carbocycles. The Morgan fingerprint density at radius 2 is 0.810 bits per heavy atom. The van der Waals surface area contributed by atoms with E-state index in [0.717, 1.165) is 38.5 Å². The van der Waals surface area contributed by atoms with Gasteiger partial charge in [-0.2, -0.15) is 0 Å². The van der Waals surface area contributed by atoms with Crippen molar-refractivity contribution in [1.29, 1.82) is 0 Å². The highest BCUT2D eigenvalue weighted by atomic mass is 16.3. The number of aliphatic hydroxyl groups is 4. The van der Waals surface area contributed by atoms with Gasteiger partial charge in [0.05, 0.1) is 18.8 Å². The maximum Gasteiger partial charge on any atom is 0.249 e. The van der Waals surface area contributed by atoms with Crippen molar-refractivity contribution in [1.82, 2.24) is 5.32 Å². The Balaban J connectivity index is 3.80. The van der Waals surface area contributed by atoms with E-state index in [9.17, 15) is 25.2 Å². The third kappa shape index (κ3) is 25.8. The SMILES string of the molecule is CCCCCCCCCCCCCCCC[C@H](O)C(=O)N[C@@H](CO)[C@H](O)[C@H](O)CCCCCCCCCCCCCC. The Hall–Kier alpha value is -0.690. The topological polar surface area (TPSA) is 110 Å². The van der Waals surface area contributed by atoms with Crippen molar-refractivity contribution in [3.8, 4) is 0 Å². The molecule has 0 unspecified atom stereocenters. The van der Waals surface area contributed by atoms with E-state index >= 15 is 0 Å².